The second-order valence-electron chi connectivity index (χ2n) is 4.34. The molecule has 0 aromatic carbocycles. The van der Waals surface area contributed by atoms with Crippen LogP contribution in [0.2, 0.25) is 0 Å². The first-order valence-electron chi connectivity index (χ1n) is 6.10. The maximum absolute atomic E-state index is 12.0. The SMILES string of the molecule is CCc1nnc(NC(=O)N2CC[C@@H](CSC)C2)s1. The molecule has 0 unspecified atom stereocenters. The van der Waals surface area contributed by atoms with Crippen LogP contribution in [0.5, 0.6) is 0 Å². The zero-order chi connectivity index (χ0) is 13.0. The van der Waals surface area contributed by atoms with Crippen LogP contribution >= 0.6 is 23.1 Å². The number of aryl methyl sites for hydroxylation is 1. The van der Waals surface area contributed by atoms with Gasteiger partial charge < -0.3 is 4.90 Å². The summed E-state index contributed by atoms with van der Waals surface area (Å²) in [5.41, 5.74) is 0. The quantitative estimate of drug-likeness (QED) is 0.923. The van der Waals surface area contributed by atoms with Crippen molar-refractivity contribution in [2.75, 3.05) is 30.4 Å². The van der Waals surface area contributed by atoms with E-state index in [-0.39, 0.29) is 6.03 Å². The Labute approximate surface area is 115 Å². The van der Waals surface area contributed by atoms with Gasteiger partial charge in [0.05, 0.1) is 0 Å². The number of amides is 2. The molecule has 1 N–H and O–H groups in total. The van der Waals surface area contributed by atoms with E-state index in [9.17, 15) is 4.79 Å². The molecule has 0 aliphatic carbocycles. The Balaban J connectivity index is 1.85. The van der Waals surface area contributed by atoms with E-state index in [1.807, 2.05) is 23.6 Å². The molecule has 0 radical (unpaired) electrons. The lowest BCUT2D eigenvalue weighted by atomic mass is 10.2. The molecule has 1 aromatic heterocycles. The minimum absolute atomic E-state index is 0.0441. The Morgan fingerprint density at radius 2 is 2.44 bits per heavy atom. The molecule has 1 aliphatic rings. The van der Waals surface area contributed by atoms with Gasteiger partial charge in [0, 0.05) is 13.1 Å². The van der Waals surface area contributed by atoms with Crippen LogP contribution < -0.4 is 5.32 Å². The molecule has 1 fully saturated rings. The van der Waals surface area contributed by atoms with E-state index in [0.717, 1.165) is 36.7 Å². The van der Waals surface area contributed by atoms with Gasteiger partial charge >= 0.3 is 6.03 Å². The average Bonchev–Trinajstić information content (AvgIpc) is 2.98. The highest BCUT2D eigenvalue weighted by Crippen LogP contribution is 2.21. The van der Waals surface area contributed by atoms with Gasteiger partial charge in [0.25, 0.3) is 0 Å². The van der Waals surface area contributed by atoms with Gasteiger partial charge in [-0.05, 0) is 30.8 Å². The summed E-state index contributed by atoms with van der Waals surface area (Å²) in [4.78, 5) is 13.9. The van der Waals surface area contributed by atoms with Crippen molar-refractivity contribution in [3.8, 4) is 0 Å². The van der Waals surface area contributed by atoms with Crippen LogP contribution in [0.15, 0.2) is 0 Å². The number of rotatable bonds is 4. The number of hydrogen-bond acceptors (Lipinski definition) is 5. The van der Waals surface area contributed by atoms with Gasteiger partial charge in [-0.2, -0.15) is 11.8 Å². The van der Waals surface area contributed by atoms with E-state index < -0.39 is 0 Å². The second kappa shape index (κ2) is 6.38. The molecule has 0 saturated carbocycles. The molecule has 1 saturated heterocycles. The van der Waals surface area contributed by atoms with Crippen molar-refractivity contribution in [3.05, 3.63) is 5.01 Å². The van der Waals surface area contributed by atoms with Crippen LogP contribution in [0, 0.1) is 5.92 Å². The Hall–Kier alpha value is -0.820. The molecule has 5 nitrogen and oxygen atoms in total. The molecular weight excluding hydrogens is 268 g/mol. The molecular formula is C11H18N4OS2. The second-order valence-corrected chi connectivity index (χ2v) is 6.31. The van der Waals surface area contributed by atoms with Crippen molar-refractivity contribution in [1.29, 1.82) is 0 Å². The van der Waals surface area contributed by atoms with Crippen molar-refractivity contribution < 1.29 is 4.79 Å². The van der Waals surface area contributed by atoms with E-state index in [0.29, 0.717) is 11.0 Å². The zero-order valence-electron chi connectivity index (χ0n) is 10.7. The highest BCUT2D eigenvalue weighted by atomic mass is 32.2. The van der Waals surface area contributed by atoms with Gasteiger partial charge in [-0.15, -0.1) is 10.2 Å². The van der Waals surface area contributed by atoms with E-state index in [1.165, 1.54) is 11.3 Å². The molecule has 2 amide bonds. The number of urea groups is 1. The number of carbonyl (C=O) groups excluding carboxylic acids is 1. The number of aromatic nitrogens is 2. The fourth-order valence-electron chi connectivity index (χ4n) is 2.01. The largest absolute Gasteiger partial charge is 0.324 e. The van der Waals surface area contributed by atoms with Crippen LogP contribution in [0.1, 0.15) is 18.4 Å². The maximum Gasteiger partial charge on any atom is 0.323 e. The average molecular weight is 286 g/mol. The van der Waals surface area contributed by atoms with Gasteiger partial charge in [0.2, 0.25) is 5.13 Å². The minimum atomic E-state index is -0.0441. The Kier molecular flexibility index (Phi) is 4.82. The number of thioether (sulfide) groups is 1. The molecule has 7 heteroatoms. The lowest BCUT2D eigenvalue weighted by molar-refractivity contribution is 0.221. The minimum Gasteiger partial charge on any atom is -0.324 e. The molecule has 1 aliphatic heterocycles. The van der Waals surface area contributed by atoms with Crippen LogP contribution in [-0.2, 0) is 6.42 Å². The molecule has 2 heterocycles. The van der Waals surface area contributed by atoms with E-state index in [4.69, 9.17) is 0 Å². The van der Waals surface area contributed by atoms with Gasteiger partial charge in [-0.3, -0.25) is 5.32 Å². The van der Waals surface area contributed by atoms with Gasteiger partial charge in [0.1, 0.15) is 5.01 Å². The standard InChI is InChI=1S/C11H18N4OS2/c1-3-9-13-14-10(18-9)12-11(16)15-5-4-8(6-15)7-17-2/h8H,3-7H2,1-2H3,(H,12,14,16)/t8-/m1/s1. The van der Waals surface area contributed by atoms with Crippen molar-refractivity contribution in [2.24, 2.45) is 5.92 Å². The first-order valence-corrected chi connectivity index (χ1v) is 8.31. The van der Waals surface area contributed by atoms with Crippen LogP contribution in [-0.4, -0.2) is 46.2 Å². The third-order valence-corrected chi connectivity index (χ3v) is 4.75. The molecule has 0 bridgehead atoms. The first-order chi connectivity index (χ1) is 8.72. The lowest BCUT2D eigenvalue weighted by Gasteiger charge is -2.15. The summed E-state index contributed by atoms with van der Waals surface area (Å²) >= 11 is 3.29. The van der Waals surface area contributed by atoms with Crippen molar-refractivity contribution in [2.45, 2.75) is 19.8 Å². The predicted molar refractivity (Wildman–Crippen MR) is 76.4 cm³/mol. The first kappa shape index (κ1) is 13.6. The summed E-state index contributed by atoms with van der Waals surface area (Å²) in [6.07, 6.45) is 4.06. The van der Waals surface area contributed by atoms with Crippen LogP contribution in [0.25, 0.3) is 0 Å². The van der Waals surface area contributed by atoms with Crippen LogP contribution in [0.4, 0.5) is 9.93 Å². The Bertz CT molecular complexity index is 410. The summed E-state index contributed by atoms with van der Waals surface area (Å²) < 4.78 is 0. The summed E-state index contributed by atoms with van der Waals surface area (Å²) in [5, 5.41) is 12.3. The number of nitrogens with zero attached hydrogens (tertiary/aromatic N) is 3. The number of carbonyl (C=O) groups is 1. The van der Waals surface area contributed by atoms with E-state index in [2.05, 4.69) is 21.8 Å². The highest BCUT2D eigenvalue weighted by molar-refractivity contribution is 7.98. The van der Waals surface area contributed by atoms with Crippen molar-refractivity contribution in [3.63, 3.8) is 0 Å². The van der Waals surface area contributed by atoms with Crippen molar-refractivity contribution in [1.82, 2.24) is 15.1 Å². The van der Waals surface area contributed by atoms with Crippen molar-refractivity contribution >= 4 is 34.3 Å². The monoisotopic (exact) mass is 286 g/mol. The number of anilines is 1. The molecule has 0 spiro atoms. The van der Waals surface area contributed by atoms with Gasteiger partial charge in [-0.1, -0.05) is 18.3 Å². The summed E-state index contributed by atoms with van der Waals surface area (Å²) in [6, 6.07) is -0.0441. The lowest BCUT2D eigenvalue weighted by Crippen LogP contribution is -2.33. The Morgan fingerprint density at radius 1 is 1.61 bits per heavy atom. The maximum atomic E-state index is 12.0. The zero-order valence-corrected chi connectivity index (χ0v) is 12.3. The molecule has 1 aromatic rings. The number of likely N-dealkylation sites (tertiary alicyclic amines) is 1. The summed E-state index contributed by atoms with van der Waals surface area (Å²) in [7, 11) is 0. The normalized spacial score (nSPS) is 19.2. The molecule has 100 valence electrons. The highest BCUT2D eigenvalue weighted by Gasteiger charge is 2.26. The van der Waals surface area contributed by atoms with E-state index >= 15 is 0 Å². The van der Waals surface area contributed by atoms with Gasteiger partial charge in [0.15, 0.2) is 0 Å². The molecule has 1 atom stereocenters. The Morgan fingerprint density at radius 3 is 3.11 bits per heavy atom. The fourth-order valence-corrected chi connectivity index (χ4v) is 3.42. The number of hydrogen-bond donors (Lipinski definition) is 1. The summed E-state index contributed by atoms with van der Waals surface area (Å²) in [6.45, 7) is 3.72. The van der Waals surface area contributed by atoms with Crippen LogP contribution in [0.3, 0.4) is 0 Å². The van der Waals surface area contributed by atoms with Gasteiger partial charge in [-0.25, -0.2) is 4.79 Å². The smallest absolute Gasteiger partial charge is 0.323 e. The third kappa shape index (κ3) is 3.35. The predicted octanol–water partition coefficient (Wildman–Crippen LogP) is 2.32. The topological polar surface area (TPSA) is 58.1 Å². The third-order valence-electron chi connectivity index (χ3n) is 2.96. The molecule has 2 rings (SSSR count). The fraction of sp³-hybridized carbons (Fsp3) is 0.727. The van der Waals surface area contributed by atoms with E-state index in [1.54, 1.807) is 0 Å². The number of nitrogens with one attached hydrogen (secondary N) is 1. The summed E-state index contributed by atoms with van der Waals surface area (Å²) in [5.74, 6) is 1.76. The molecule has 18 heavy (non-hydrogen) atoms.